The molecular weight excluding hydrogens is 387 g/mol. The molecule has 0 spiro atoms. The first-order valence-electron chi connectivity index (χ1n) is 9.53. The van der Waals surface area contributed by atoms with Crippen molar-refractivity contribution < 1.29 is 13.7 Å². The SMILES string of the molecule is O=C(c1cccc(F)c1)N1CC[C@@H](n2cc(-c3nc(-c4ccccc4)no3)nn2)C1. The number of carbonyl (C=O) groups excluding carboxylic acids is 1. The Bertz CT molecular complexity index is 1190. The Kier molecular flexibility index (Phi) is 4.55. The number of rotatable bonds is 4. The predicted molar refractivity (Wildman–Crippen MR) is 105 cm³/mol. The molecule has 9 heteroatoms. The van der Waals surface area contributed by atoms with Crippen LogP contribution in [0.15, 0.2) is 65.3 Å². The van der Waals surface area contributed by atoms with Crippen molar-refractivity contribution in [1.82, 2.24) is 30.0 Å². The monoisotopic (exact) mass is 404 g/mol. The van der Waals surface area contributed by atoms with Crippen molar-refractivity contribution in [3.05, 3.63) is 72.2 Å². The van der Waals surface area contributed by atoms with Gasteiger partial charge >= 0.3 is 0 Å². The van der Waals surface area contributed by atoms with E-state index in [1.165, 1.54) is 18.2 Å². The normalized spacial score (nSPS) is 16.2. The van der Waals surface area contributed by atoms with Gasteiger partial charge in [-0.2, -0.15) is 4.98 Å². The van der Waals surface area contributed by atoms with Crippen LogP contribution in [0.4, 0.5) is 4.39 Å². The molecule has 30 heavy (non-hydrogen) atoms. The zero-order chi connectivity index (χ0) is 20.5. The maximum atomic E-state index is 13.4. The van der Waals surface area contributed by atoms with Gasteiger partial charge in [0.25, 0.3) is 11.8 Å². The third-order valence-corrected chi connectivity index (χ3v) is 5.08. The smallest absolute Gasteiger partial charge is 0.280 e. The van der Waals surface area contributed by atoms with Gasteiger partial charge in [0.15, 0.2) is 5.69 Å². The van der Waals surface area contributed by atoms with Crippen LogP contribution in [0.25, 0.3) is 23.0 Å². The second-order valence-corrected chi connectivity index (χ2v) is 7.08. The highest BCUT2D eigenvalue weighted by atomic mass is 19.1. The third kappa shape index (κ3) is 3.45. The minimum absolute atomic E-state index is 0.0275. The van der Waals surface area contributed by atoms with E-state index in [-0.39, 0.29) is 17.8 Å². The van der Waals surface area contributed by atoms with Gasteiger partial charge in [0, 0.05) is 24.2 Å². The second kappa shape index (κ2) is 7.51. The molecule has 1 aliphatic heterocycles. The quantitative estimate of drug-likeness (QED) is 0.519. The van der Waals surface area contributed by atoms with E-state index < -0.39 is 5.82 Å². The Morgan fingerprint density at radius 3 is 2.83 bits per heavy atom. The lowest BCUT2D eigenvalue weighted by atomic mass is 10.2. The van der Waals surface area contributed by atoms with Crippen molar-refractivity contribution in [1.29, 1.82) is 0 Å². The van der Waals surface area contributed by atoms with E-state index in [2.05, 4.69) is 20.5 Å². The van der Waals surface area contributed by atoms with E-state index in [0.717, 1.165) is 12.0 Å². The van der Waals surface area contributed by atoms with E-state index in [1.807, 2.05) is 30.3 Å². The maximum absolute atomic E-state index is 13.4. The zero-order valence-electron chi connectivity index (χ0n) is 15.8. The molecule has 0 unspecified atom stereocenters. The fourth-order valence-electron chi connectivity index (χ4n) is 3.53. The van der Waals surface area contributed by atoms with Crippen LogP contribution in [0.2, 0.25) is 0 Å². The number of hydrogen-bond donors (Lipinski definition) is 0. The molecule has 0 bridgehead atoms. The Balaban J connectivity index is 1.30. The molecule has 2 aromatic heterocycles. The predicted octanol–water partition coefficient (Wildman–Crippen LogP) is 3.22. The Morgan fingerprint density at radius 1 is 1.13 bits per heavy atom. The summed E-state index contributed by atoms with van der Waals surface area (Å²) < 4.78 is 20.5. The summed E-state index contributed by atoms with van der Waals surface area (Å²) in [6, 6.07) is 15.2. The Labute approximate surface area is 170 Å². The molecule has 0 saturated carbocycles. The maximum Gasteiger partial charge on any atom is 0.280 e. The average Bonchev–Trinajstić information content (AvgIpc) is 3.53. The van der Waals surface area contributed by atoms with Crippen LogP contribution in [0.5, 0.6) is 0 Å². The minimum atomic E-state index is -0.424. The molecular formula is C21H17FN6O2. The van der Waals surface area contributed by atoms with Gasteiger partial charge in [-0.3, -0.25) is 4.79 Å². The molecule has 1 saturated heterocycles. The second-order valence-electron chi connectivity index (χ2n) is 7.08. The van der Waals surface area contributed by atoms with E-state index >= 15 is 0 Å². The molecule has 1 amide bonds. The molecule has 5 rings (SSSR count). The molecule has 0 aliphatic carbocycles. The van der Waals surface area contributed by atoms with Gasteiger partial charge in [-0.1, -0.05) is 46.8 Å². The molecule has 3 heterocycles. The summed E-state index contributed by atoms with van der Waals surface area (Å²) in [6.07, 6.45) is 2.46. The van der Waals surface area contributed by atoms with Gasteiger partial charge in [-0.05, 0) is 24.6 Å². The number of benzene rings is 2. The number of hydrogen-bond acceptors (Lipinski definition) is 6. The van der Waals surface area contributed by atoms with Crippen molar-refractivity contribution in [2.75, 3.05) is 13.1 Å². The summed E-state index contributed by atoms with van der Waals surface area (Å²) in [5.74, 6) is 0.146. The molecule has 0 radical (unpaired) electrons. The fraction of sp³-hybridized carbons (Fsp3) is 0.190. The number of amides is 1. The largest absolute Gasteiger partial charge is 0.336 e. The highest BCUT2D eigenvalue weighted by Gasteiger charge is 2.29. The van der Waals surface area contributed by atoms with Gasteiger partial charge in [0.05, 0.1) is 12.2 Å². The lowest BCUT2D eigenvalue weighted by Crippen LogP contribution is -2.29. The van der Waals surface area contributed by atoms with Crippen molar-refractivity contribution in [2.24, 2.45) is 0 Å². The molecule has 8 nitrogen and oxygen atoms in total. The van der Waals surface area contributed by atoms with E-state index in [0.29, 0.717) is 30.2 Å². The summed E-state index contributed by atoms with van der Waals surface area (Å²) in [5.41, 5.74) is 1.66. The summed E-state index contributed by atoms with van der Waals surface area (Å²) in [7, 11) is 0. The van der Waals surface area contributed by atoms with Crippen molar-refractivity contribution >= 4 is 5.91 Å². The lowest BCUT2D eigenvalue weighted by Gasteiger charge is -2.16. The number of likely N-dealkylation sites (tertiary alicyclic amines) is 1. The third-order valence-electron chi connectivity index (χ3n) is 5.08. The van der Waals surface area contributed by atoms with Gasteiger partial charge in [-0.15, -0.1) is 5.10 Å². The summed E-state index contributed by atoms with van der Waals surface area (Å²) in [6.45, 7) is 1.03. The molecule has 0 N–H and O–H groups in total. The Hall–Kier alpha value is -3.88. The van der Waals surface area contributed by atoms with Crippen LogP contribution in [0.3, 0.4) is 0 Å². The first kappa shape index (κ1) is 18.2. The molecule has 2 aromatic carbocycles. The van der Waals surface area contributed by atoms with Crippen LogP contribution < -0.4 is 0 Å². The standard InChI is InChI=1S/C21H17FN6O2/c22-16-8-4-7-15(11-16)21(29)27-10-9-17(12-27)28-13-18(24-26-28)20-23-19(25-30-20)14-5-2-1-3-6-14/h1-8,11,13,17H,9-10,12H2/t17-/m1/s1. The number of aromatic nitrogens is 5. The summed E-state index contributed by atoms with van der Waals surface area (Å²) in [4.78, 5) is 18.7. The van der Waals surface area contributed by atoms with Crippen LogP contribution in [0, 0.1) is 5.82 Å². The number of halogens is 1. The minimum Gasteiger partial charge on any atom is -0.336 e. The molecule has 4 aromatic rings. The highest BCUT2D eigenvalue weighted by molar-refractivity contribution is 5.94. The Morgan fingerprint density at radius 2 is 2.00 bits per heavy atom. The van der Waals surface area contributed by atoms with Gasteiger partial charge in [-0.25, -0.2) is 9.07 Å². The van der Waals surface area contributed by atoms with Gasteiger partial charge in [0.1, 0.15) is 5.82 Å². The first-order chi connectivity index (χ1) is 14.7. The molecule has 1 aliphatic rings. The van der Waals surface area contributed by atoms with Gasteiger partial charge < -0.3 is 9.42 Å². The average molecular weight is 404 g/mol. The summed E-state index contributed by atoms with van der Waals surface area (Å²) >= 11 is 0. The van der Waals surface area contributed by atoms with E-state index in [1.54, 1.807) is 21.8 Å². The van der Waals surface area contributed by atoms with E-state index in [4.69, 9.17) is 4.52 Å². The van der Waals surface area contributed by atoms with Gasteiger partial charge in [0.2, 0.25) is 5.82 Å². The lowest BCUT2D eigenvalue weighted by molar-refractivity contribution is 0.0786. The highest BCUT2D eigenvalue weighted by Crippen LogP contribution is 2.25. The molecule has 1 atom stereocenters. The van der Waals surface area contributed by atoms with Crippen LogP contribution in [0.1, 0.15) is 22.8 Å². The number of nitrogens with zero attached hydrogens (tertiary/aromatic N) is 6. The van der Waals surface area contributed by atoms with Crippen molar-refractivity contribution in [3.8, 4) is 23.0 Å². The van der Waals surface area contributed by atoms with Crippen molar-refractivity contribution in [2.45, 2.75) is 12.5 Å². The fourth-order valence-corrected chi connectivity index (χ4v) is 3.53. The van der Waals surface area contributed by atoms with Crippen LogP contribution in [-0.2, 0) is 0 Å². The summed E-state index contributed by atoms with van der Waals surface area (Å²) in [5, 5.41) is 12.3. The first-order valence-corrected chi connectivity index (χ1v) is 9.53. The van der Waals surface area contributed by atoms with Crippen LogP contribution >= 0.6 is 0 Å². The number of carbonyl (C=O) groups is 1. The molecule has 1 fully saturated rings. The zero-order valence-corrected chi connectivity index (χ0v) is 15.8. The van der Waals surface area contributed by atoms with E-state index in [9.17, 15) is 9.18 Å². The van der Waals surface area contributed by atoms with Crippen LogP contribution in [-0.4, -0.2) is 49.0 Å². The topological polar surface area (TPSA) is 89.9 Å². The van der Waals surface area contributed by atoms with Crippen molar-refractivity contribution in [3.63, 3.8) is 0 Å². The molecule has 150 valence electrons.